The lowest BCUT2D eigenvalue weighted by Crippen LogP contribution is -2.30. The van der Waals surface area contributed by atoms with Gasteiger partial charge in [-0.3, -0.25) is 4.79 Å². The van der Waals surface area contributed by atoms with Crippen molar-refractivity contribution in [3.8, 4) is 0 Å². The molecule has 2 aliphatic carbocycles. The number of carbonyl (C=O) groups excluding carboxylic acids is 1. The molecule has 1 amide bonds. The molecule has 3 nitrogen and oxygen atoms in total. The van der Waals surface area contributed by atoms with Gasteiger partial charge in [0.05, 0.1) is 18.2 Å². The topological polar surface area (TPSA) is 32.7 Å². The Labute approximate surface area is 96.9 Å². The standard InChI is InChI=1S/C13H20N2O/c16-13-9-12(10-5-1-2-6-10)14-15(13)11-7-3-4-8-11/h10-11H,1-9H2. The van der Waals surface area contributed by atoms with Gasteiger partial charge in [0.2, 0.25) is 5.91 Å². The van der Waals surface area contributed by atoms with Crippen LogP contribution in [-0.2, 0) is 4.79 Å². The zero-order valence-corrected chi connectivity index (χ0v) is 9.82. The molecule has 3 aliphatic rings. The Bertz CT molecular complexity index is 312. The molecule has 0 aromatic carbocycles. The van der Waals surface area contributed by atoms with Crippen molar-refractivity contribution in [3.05, 3.63) is 0 Å². The molecule has 0 unspecified atom stereocenters. The minimum absolute atomic E-state index is 0.258. The molecule has 88 valence electrons. The van der Waals surface area contributed by atoms with Crippen molar-refractivity contribution in [3.63, 3.8) is 0 Å². The molecule has 16 heavy (non-hydrogen) atoms. The van der Waals surface area contributed by atoms with Crippen molar-refractivity contribution < 1.29 is 4.79 Å². The number of hydrogen-bond donors (Lipinski definition) is 0. The average molecular weight is 220 g/mol. The molecule has 0 aromatic rings. The van der Waals surface area contributed by atoms with Gasteiger partial charge in [0.15, 0.2) is 0 Å². The van der Waals surface area contributed by atoms with Crippen molar-refractivity contribution in [2.75, 3.05) is 0 Å². The molecule has 0 spiro atoms. The maximum Gasteiger partial charge on any atom is 0.248 e. The number of carbonyl (C=O) groups is 1. The predicted octanol–water partition coefficient (Wildman–Crippen LogP) is 2.71. The highest BCUT2D eigenvalue weighted by Gasteiger charge is 2.35. The summed E-state index contributed by atoms with van der Waals surface area (Å²) in [6.45, 7) is 0. The molecule has 0 aromatic heterocycles. The summed E-state index contributed by atoms with van der Waals surface area (Å²) in [7, 11) is 0. The van der Waals surface area contributed by atoms with Crippen LogP contribution in [-0.4, -0.2) is 22.7 Å². The molecule has 0 radical (unpaired) electrons. The number of hydrogen-bond acceptors (Lipinski definition) is 2. The van der Waals surface area contributed by atoms with Crippen molar-refractivity contribution >= 4 is 11.6 Å². The van der Waals surface area contributed by atoms with Gasteiger partial charge in [0.1, 0.15) is 0 Å². The zero-order valence-electron chi connectivity index (χ0n) is 9.82. The second kappa shape index (κ2) is 4.19. The molecule has 2 saturated carbocycles. The van der Waals surface area contributed by atoms with Gasteiger partial charge in [0, 0.05) is 0 Å². The Balaban J connectivity index is 1.71. The van der Waals surface area contributed by atoms with Crippen LogP contribution in [0.4, 0.5) is 0 Å². The van der Waals surface area contributed by atoms with Gasteiger partial charge in [-0.2, -0.15) is 5.10 Å². The minimum Gasteiger partial charge on any atom is -0.273 e. The van der Waals surface area contributed by atoms with E-state index in [1.807, 2.05) is 5.01 Å². The van der Waals surface area contributed by atoms with Gasteiger partial charge in [0.25, 0.3) is 0 Å². The Morgan fingerprint density at radius 2 is 1.62 bits per heavy atom. The molecule has 0 bridgehead atoms. The van der Waals surface area contributed by atoms with Crippen LogP contribution in [0, 0.1) is 5.92 Å². The van der Waals surface area contributed by atoms with Gasteiger partial charge >= 0.3 is 0 Å². The molecule has 2 fully saturated rings. The van der Waals surface area contributed by atoms with Crippen LogP contribution in [0.1, 0.15) is 57.8 Å². The number of rotatable bonds is 2. The second-order valence-electron chi connectivity index (χ2n) is 5.43. The smallest absolute Gasteiger partial charge is 0.248 e. The van der Waals surface area contributed by atoms with E-state index in [1.165, 1.54) is 44.2 Å². The highest BCUT2D eigenvalue weighted by Crippen LogP contribution is 2.32. The fourth-order valence-electron chi connectivity index (χ4n) is 3.38. The maximum atomic E-state index is 11.9. The van der Waals surface area contributed by atoms with E-state index < -0.39 is 0 Å². The quantitative estimate of drug-likeness (QED) is 0.704. The molecule has 0 atom stereocenters. The Morgan fingerprint density at radius 1 is 1.00 bits per heavy atom. The van der Waals surface area contributed by atoms with Gasteiger partial charge < -0.3 is 0 Å². The molecule has 1 aliphatic heterocycles. The van der Waals surface area contributed by atoms with E-state index in [4.69, 9.17) is 0 Å². The van der Waals surface area contributed by atoms with Crippen molar-refractivity contribution in [1.82, 2.24) is 5.01 Å². The molecule has 1 heterocycles. The third-order valence-corrected chi connectivity index (χ3v) is 4.32. The minimum atomic E-state index is 0.258. The van der Waals surface area contributed by atoms with Crippen LogP contribution in [0.25, 0.3) is 0 Å². The third-order valence-electron chi connectivity index (χ3n) is 4.32. The van der Waals surface area contributed by atoms with Crippen LogP contribution < -0.4 is 0 Å². The highest BCUT2D eigenvalue weighted by atomic mass is 16.2. The Hall–Kier alpha value is -0.860. The van der Waals surface area contributed by atoms with E-state index >= 15 is 0 Å². The lowest BCUT2D eigenvalue weighted by molar-refractivity contribution is -0.130. The van der Waals surface area contributed by atoms with E-state index in [0.717, 1.165) is 12.8 Å². The second-order valence-corrected chi connectivity index (χ2v) is 5.43. The van der Waals surface area contributed by atoms with Crippen molar-refractivity contribution in [2.24, 2.45) is 11.0 Å². The summed E-state index contributed by atoms with van der Waals surface area (Å²) in [6, 6.07) is 0.423. The van der Waals surface area contributed by atoms with Crippen molar-refractivity contribution in [2.45, 2.75) is 63.8 Å². The first-order valence-corrected chi connectivity index (χ1v) is 6.74. The summed E-state index contributed by atoms with van der Waals surface area (Å²) >= 11 is 0. The van der Waals surface area contributed by atoms with E-state index in [0.29, 0.717) is 18.4 Å². The molecule has 3 heteroatoms. The Morgan fingerprint density at radius 3 is 2.31 bits per heavy atom. The van der Waals surface area contributed by atoms with E-state index in [2.05, 4.69) is 5.10 Å². The Kier molecular flexibility index (Phi) is 2.70. The summed E-state index contributed by atoms with van der Waals surface area (Å²) in [5.74, 6) is 0.879. The van der Waals surface area contributed by atoms with E-state index in [-0.39, 0.29) is 5.91 Å². The summed E-state index contributed by atoms with van der Waals surface area (Å²) in [5, 5.41) is 6.45. The van der Waals surface area contributed by atoms with Gasteiger partial charge in [-0.1, -0.05) is 25.7 Å². The lowest BCUT2D eigenvalue weighted by Gasteiger charge is -2.19. The fraction of sp³-hybridized carbons (Fsp3) is 0.846. The summed E-state index contributed by atoms with van der Waals surface area (Å²) < 4.78 is 0. The first kappa shape index (κ1) is 10.3. The van der Waals surface area contributed by atoms with Gasteiger partial charge in [-0.05, 0) is 31.6 Å². The average Bonchev–Trinajstić information content (AvgIpc) is 2.97. The first-order chi connectivity index (χ1) is 7.84. The number of hydrazone groups is 1. The molecule has 0 saturated heterocycles. The van der Waals surface area contributed by atoms with Crippen LogP contribution in [0.15, 0.2) is 5.10 Å². The molecule has 3 rings (SSSR count). The van der Waals surface area contributed by atoms with Crippen LogP contribution >= 0.6 is 0 Å². The van der Waals surface area contributed by atoms with E-state index in [1.54, 1.807) is 0 Å². The number of nitrogens with zero attached hydrogens (tertiary/aromatic N) is 2. The predicted molar refractivity (Wildman–Crippen MR) is 63.1 cm³/mol. The first-order valence-electron chi connectivity index (χ1n) is 6.74. The van der Waals surface area contributed by atoms with E-state index in [9.17, 15) is 4.79 Å². The largest absolute Gasteiger partial charge is 0.273 e. The monoisotopic (exact) mass is 220 g/mol. The number of amides is 1. The molecular formula is C13H20N2O. The van der Waals surface area contributed by atoms with Crippen LogP contribution in [0.2, 0.25) is 0 Å². The van der Waals surface area contributed by atoms with Crippen LogP contribution in [0.5, 0.6) is 0 Å². The zero-order chi connectivity index (χ0) is 11.0. The SMILES string of the molecule is O=C1CC(C2CCCC2)=NN1C1CCCC1. The summed E-state index contributed by atoms with van der Waals surface area (Å²) in [4.78, 5) is 11.9. The summed E-state index contributed by atoms with van der Waals surface area (Å²) in [5.41, 5.74) is 1.19. The highest BCUT2D eigenvalue weighted by molar-refractivity contribution is 6.06. The lowest BCUT2D eigenvalue weighted by atomic mass is 10.00. The molecule has 0 N–H and O–H groups in total. The molecular weight excluding hydrogens is 200 g/mol. The van der Waals surface area contributed by atoms with Crippen LogP contribution in [0.3, 0.4) is 0 Å². The summed E-state index contributed by atoms with van der Waals surface area (Å²) in [6.07, 6.45) is 10.6. The van der Waals surface area contributed by atoms with Gasteiger partial charge in [-0.25, -0.2) is 5.01 Å². The normalized spacial score (nSPS) is 28.1. The maximum absolute atomic E-state index is 11.9. The van der Waals surface area contributed by atoms with Gasteiger partial charge in [-0.15, -0.1) is 0 Å². The fourth-order valence-corrected chi connectivity index (χ4v) is 3.38. The third kappa shape index (κ3) is 1.76. The van der Waals surface area contributed by atoms with Crippen molar-refractivity contribution in [1.29, 1.82) is 0 Å².